The Labute approximate surface area is 66.3 Å². The maximum Gasteiger partial charge on any atom is 0.0761 e. The van der Waals surface area contributed by atoms with Crippen molar-refractivity contribution in [2.24, 2.45) is 0 Å². The Morgan fingerprint density at radius 3 is 2.22 bits per heavy atom. The summed E-state index contributed by atoms with van der Waals surface area (Å²) in [5.74, 6) is 1.03. The van der Waals surface area contributed by atoms with Gasteiger partial charge in [-0.15, -0.1) is 23.2 Å². The van der Waals surface area contributed by atoms with Gasteiger partial charge in [0.15, 0.2) is 0 Å². The second-order valence-electron chi connectivity index (χ2n) is 2.43. The minimum absolute atomic E-state index is 0.226. The van der Waals surface area contributed by atoms with Gasteiger partial charge < -0.3 is 4.74 Å². The molecule has 0 atom stereocenters. The van der Waals surface area contributed by atoms with E-state index in [-0.39, 0.29) is 5.60 Å². The first-order valence-corrected chi connectivity index (χ1v) is 3.95. The Bertz CT molecular complexity index is 73.5. The molecule has 0 spiro atoms. The van der Waals surface area contributed by atoms with Gasteiger partial charge >= 0.3 is 0 Å². The van der Waals surface area contributed by atoms with E-state index in [0.29, 0.717) is 18.4 Å². The molecule has 56 valence electrons. The highest BCUT2D eigenvalue weighted by Crippen LogP contribution is 2.10. The molecule has 0 aromatic carbocycles. The highest BCUT2D eigenvalue weighted by atomic mass is 35.5. The summed E-state index contributed by atoms with van der Waals surface area (Å²) >= 11 is 11.0. The van der Waals surface area contributed by atoms with E-state index in [1.807, 2.05) is 13.8 Å². The van der Waals surface area contributed by atoms with Crippen LogP contribution in [0, 0.1) is 0 Å². The number of hydrogen-bond acceptors (Lipinski definition) is 1. The van der Waals surface area contributed by atoms with Crippen LogP contribution in [-0.2, 0) is 4.74 Å². The van der Waals surface area contributed by atoms with Crippen LogP contribution in [0.2, 0.25) is 0 Å². The highest BCUT2D eigenvalue weighted by molar-refractivity contribution is 6.18. The number of ether oxygens (including phenoxy) is 1. The predicted octanol–water partition coefficient (Wildman–Crippen LogP) is 2.26. The van der Waals surface area contributed by atoms with Crippen molar-refractivity contribution >= 4 is 23.2 Å². The fraction of sp³-hybridized carbons (Fsp3) is 1.00. The molecule has 0 fully saturated rings. The molecule has 1 nitrogen and oxygen atoms in total. The van der Waals surface area contributed by atoms with Crippen molar-refractivity contribution in [1.82, 2.24) is 0 Å². The molecule has 0 bridgehead atoms. The van der Waals surface area contributed by atoms with Crippen molar-refractivity contribution in [2.75, 3.05) is 18.4 Å². The lowest BCUT2D eigenvalue weighted by Gasteiger charge is -2.21. The van der Waals surface area contributed by atoms with Gasteiger partial charge in [-0.05, 0) is 13.8 Å². The lowest BCUT2D eigenvalue weighted by atomic mass is 10.2. The quantitative estimate of drug-likeness (QED) is 0.589. The molecule has 0 N–H and O–H groups in total. The topological polar surface area (TPSA) is 9.23 Å². The third-order valence-electron chi connectivity index (χ3n) is 0.892. The second kappa shape index (κ2) is 4.37. The van der Waals surface area contributed by atoms with E-state index < -0.39 is 0 Å². The molecule has 0 aromatic heterocycles. The average Bonchev–Trinajstić information content (AvgIpc) is 1.84. The van der Waals surface area contributed by atoms with Crippen LogP contribution in [0.15, 0.2) is 0 Å². The highest BCUT2D eigenvalue weighted by Gasteiger charge is 2.15. The summed E-state index contributed by atoms with van der Waals surface area (Å²) in [5.41, 5.74) is -0.226. The largest absolute Gasteiger partial charge is 0.373 e. The summed E-state index contributed by atoms with van der Waals surface area (Å²) < 4.78 is 5.26. The summed E-state index contributed by atoms with van der Waals surface area (Å²) in [6.45, 7) is 4.44. The third-order valence-corrected chi connectivity index (χ3v) is 1.69. The van der Waals surface area contributed by atoms with E-state index in [9.17, 15) is 0 Å². The van der Waals surface area contributed by atoms with Crippen molar-refractivity contribution in [1.29, 1.82) is 0 Å². The molecule has 0 aliphatic carbocycles. The Balaban J connectivity index is 3.33. The molecule has 0 unspecified atom stereocenters. The molecule has 0 saturated heterocycles. The zero-order valence-electron chi connectivity index (χ0n) is 5.79. The zero-order valence-corrected chi connectivity index (χ0v) is 7.30. The minimum Gasteiger partial charge on any atom is -0.373 e. The smallest absolute Gasteiger partial charge is 0.0761 e. The van der Waals surface area contributed by atoms with E-state index in [1.54, 1.807) is 0 Å². The monoisotopic (exact) mass is 170 g/mol. The molecule has 0 aliphatic rings. The van der Waals surface area contributed by atoms with Crippen LogP contribution in [-0.4, -0.2) is 24.0 Å². The normalized spacial score (nSPS) is 12.0. The van der Waals surface area contributed by atoms with Gasteiger partial charge in [-0.2, -0.15) is 0 Å². The fourth-order valence-electron chi connectivity index (χ4n) is 0.353. The van der Waals surface area contributed by atoms with Gasteiger partial charge in [0.2, 0.25) is 0 Å². The maximum absolute atomic E-state index is 5.56. The molecule has 0 rings (SSSR count). The van der Waals surface area contributed by atoms with Crippen LogP contribution in [0.1, 0.15) is 13.8 Å². The van der Waals surface area contributed by atoms with E-state index in [0.717, 1.165) is 0 Å². The first-order chi connectivity index (χ1) is 4.12. The maximum atomic E-state index is 5.56. The Morgan fingerprint density at radius 1 is 1.33 bits per heavy atom. The first-order valence-electron chi connectivity index (χ1n) is 2.88. The Hall–Kier alpha value is 0.540. The van der Waals surface area contributed by atoms with Gasteiger partial charge in [0, 0.05) is 5.88 Å². The lowest BCUT2D eigenvalue weighted by Crippen LogP contribution is -2.27. The molecule has 0 saturated carbocycles. The summed E-state index contributed by atoms with van der Waals surface area (Å²) in [4.78, 5) is 0. The van der Waals surface area contributed by atoms with Crippen LogP contribution in [0.25, 0.3) is 0 Å². The Morgan fingerprint density at radius 2 is 1.89 bits per heavy atom. The predicted molar refractivity (Wildman–Crippen MR) is 41.5 cm³/mol. The summed E-state index contributed by atoms with van der Waals surface area (Å²) in [6, 6.07) is 0. The summed E-state index contributed by atoms with van der Waals surface area (Å²) in [7, 11) is 0. The van der Waals surface area contributed by atoms with Gasteiger partial charge in [0.1, 0.15) is 0 Å². The van der Waals surface area contributed by atoms with Gasteiger partial charge in [0.05, 0.1) is 18.1 Å². The zero-order chi connectivity index (χ0) is 7.33. The van der Waals surface area contributed by atoms with Crippen LogP contribution in [0.4, 0.5) is 0 Å². The van der Waals surface area contributed by atoms with E-state index >= 15 is 0 Å². The molecule has 0 amide bonds. The molecule has 0 aliphatic heterocycles. The third kappa shape index (κ3) is 5.01. The first kappa shape index (κ1) is 9.54. The van der Waals surface area contributed by atoms with Crippen LogP contribution >= 0.6 is 23.2 Å². The number of hydrogen-bond donors (Lipinski definition) is 0. The standard InChI is InChI=1S/C6H12Cl2O/c1-6(2,5-8)9-4-3-7/h3-5H2,1-2H3. The molecule has 9 heavy (non-hydrogen) atoms. The van der Waals surface area contributed by atoms with Gasteiger partial charge in [-0.25, -0.2) is 0 Å². The van der Waals surface area contributed by atoms with Crippen LogP contribution in [0.3, 0.4) is 0 Å². The van der Waals surface area contributed by atoms with Crippen molar-refractivity contribution in [3.63, 3.8) is 0 Å². The number of alkyl halides is 2. The van der Waals surface area contributed by atoms with E-state index in [2.05, 4.69) is 0 Å². The summed E-state index contributed by atoms with van der Waals surface area (Å²) in [5, 5.41) is 0. The average molecular weight is 171 g/mol. The molecular formula is C6H12Cl2O. The van der Waals surface area contributed by atoms with Crippen LogP contribution < -0.4 is 0 Å². The fourth-order valence-corrected chi connectivity index (χ4v) is 0.508. The SMILES string of the molecule is CC(C)(CCl)OCCCl. The minimum atomic E-state index is -0.226. The van der Waals surface area contributed by atoms with Gasteiger partial charge in [-0.1, -0.05) is 0 Å². The lowest BCUT2D eigenvalue weighted by molar-refractivity contribution is 0.00931. The van der Waals surface area contributed by atoms with Gasteiger partial charge in [0.25, 0.3) is 0 Å². The molecule has 0 heterocycles. The van der Waals surface area contributed by atoms with E-state index in [1.165, 1.54) is 0 Å². The van der Waals surface area contributed by atoms with Crippen molar-refractivity contribution in [3.05, 3.63) is 0 Å². The number of rotatable bonds is 4. The van der Waals surface area contributed by atoms with Crippen LogP contribution in [0.5, 0.6) is 0 Å². The Kier molecular flexibility index (Phi) is 4.63. The van der Waals surface area contributed by atoms with Gasteiger partial charge in [-0.3, -0.25) is 0 Å². The molecule has 0 radical (unpaired) electrons. The summed E-state index contributed by atoms with van der Waals surface area (Å²) in [6.07, 6.45) is 0. The van der Waals surface area contributed by atoms with Crippen molar-refractivity contribution < 1.29 is 4.74 Å². The molecular weight excluding hydrogens is 159 g/mol. The number of halogens is 2. The van der Waals surface area contributed by atoms with Crippen molar-refractivity contribution in [2.45, 2.75) is 19.4 Å². The van der Waals surface area contributed by atoms with Crippen molar-refractivity contribution in [3.8, 4) is 0 Å². The molecule has 3 heteroatoms. The second-order valence-corrected chi connectivity index (χ2v) is 3.08. The molecule has 0 aromatic rings. The van der Waals surface area contributed by atoms with E-state index in [4.69, 9.17) is 27.9 Å².